The average molecular weight is 427 g/mol. The quantitative estimate of drug-likeness (QED) is 0.554. The van der Waals surface area contributed by atoms with Gasteiger partial charge < -0.3 is 19.9 Å². The molecule has 0 spiro atoms. The summed E-state index contributed by atoms with van der Waals surface area (Å²) in [5.41, 5.74) is 2.14. The zero-order valence-electron chi connectivity index (χ0n) is 18.6. The number of carbonyl (C=O) groups is 1. The van der Waals surface area contributed by atoms with Crippen molar-refractivity contribution in [2.75, 3.05) is 50.1 Å². The van der Waals surface area contributed by atoms with Crippen LogP contribution in [0.15, 0.2) is 42.5 Å². The molecule has 2 aromatic carbocycles. The monoisotopic (exact) mass is 426 g/mol. The van der Waals surface area contributed by atoms with E-state index in [0.717, 1.165) is 11.4 Å². The number of anilines is 2. The van der Waals surface area contributed by atoms with E-state index in [1.807, 2.05) is 11.0 Å². The smallest absolute Gasteiger partial charge is 0.292 e. The van der Waals surface area contributed by atoms with Crippen molar-refractivity contribution in [2.24, 2.45) is 5.41 Å². The molecule has 0 atom stereocenters. The van der Waals surface area contributed by atoms with E-state index in [-0.39, 0.29) is 21.9 Å². The number of ether oxygens (including phenoxy) is 1. The van der Waals surface area contributed by atoms with Gasteiger partial charge in [-0.25, -0.2) is 0 Å². The number of methoxy groups -OCH3 is 1. The van der Waals surface area contributed by atoms with Gasteiger partial charge in [-0.05, 0) is 41.8 Å². The van der Waals surface area contributed by atoms with Crippen LogP contribution in [0.1, 0.15) is 31.1 Å². The maximum atomic E-state index is 12.8. The van der Waals surface area contributed by atoms with Crippen molar-refractivity contribution in [1.29, 1.82) is 0 Å². The highest BCUT2D eigenvalue weighted by Gasteiger charge is 2.24. The molecule has 1 aliphatic rings. The van der Waals surface area contributed by atoms with E-state index >= 15 is 0 Å². The van der Waals surface area contributed by atoms with Crippen LogP contribution in [0.2, 0.25) is 0 Å². The Labute approximate surface area is 182 Å². The Morgan fingerprint density at radius 2 is 1.74 bits per heavy atom. The summed E-state index contributed by atoms with van der Waals surface area (Å²) in [6.07, 6.45) is 0. The van der Waals surface area contributed by atoms with E-state index in [0.29, 0.717) is 44.0 Å². The lowest BCUT2D eigenvalue weighted by Crippen LogP contribution is -2.48. The van der Waals surface area contributed by atoms with Crippen molar-refractivity contribution in [3.63, 3.8) is 0 Å². The van der Waals surface area contributed by atoms with E-state index in [1.165, 1.54) is 0 Å². The highest BCUT2D eigenvalue weighted by Crippen LogP contribution is 2.31. The van der Waals surface area contributed by atoms with E-state index in [9.17, 15) is 14.9 Å². The Bertz CT molecular complexity index is 930. The SMILES string of the molecule is COc1ccc(C(=O)N2CCN(c3ccc([N+](=O)[O-])c(NCC(C)(C)C)c3)CC2)cc1. The second-order valence-corrected chi connectivity index (χ2v) is 8.88. The molecule has 1 N–H and O–H groups in total. The van der Waals surface area contributed by atoms with Gasteiger partial charge in [0.05, 0.1) is 12.0 Å². The molecule has 1 heterocycles. The summed E-state index contributed by atoms with van der Waals surface area (Å²) in [5, 5.41) is 14.7. The minimum absolute atomic E-state index is 0.00136. The van der Waals surface area contributed by atoms with E-state index < -0.39 is 0 Å². The number of amides is 1. The van der Waals surface area contributed by atoms with Crippen LogP contribution < -0.4 is 15.0 Å². The first-order chi connectivity index (χ1) is 14.7. The molecule has 1 amide bonds. The van der Waals surface area contributed by atoms with Crippen molar-refractivity contribution in [3.8, 4) is 5.75 Å². The van der Waals surface area contributed by atoms with Gasteiger partial charge in [0.25, 0.3) is 11.6 Å². The first kappa shape index (κ1) is 22.4. The Hall–Kier alpha value is -3.29. The number of piperazine rings is 1. The van der Waals surface area contributed by atoms with Gasteiger partial charge in [-0.3, -0.25) is 14.9 Å². The lowest BCUT2D eigenvalue weighted by Gasteiger charge is -2.36. The van der Waals surface area contributed by atoms with Crippen molar-refractivity contribution in [3.05, 3.63) is 58.1 Å². The van der Waals surface area contributed by atoms with E-state index in [4.69, 9.17) is 4.74 Å². The molecule has 0 bridgehead atoms. The van der Waals surface area contributed by atoms with Crippen LogP contribution in [-0.4, -0.2) is 55.6 Å². The molecule has 1 fully saturated rings. The lowest BCUT2D eigenvalue weighted by atomic mass is 9.97. The summed E-state index contributed by atoms with van der Waals surface area (Å²) < 4.78 is 5.15. The molecule has 0 saturated carbocycles. The van der Waals surface area contributed by atoms with E-state index in [1.54, 1.807) is 43.5 Å². The largest absolute Gasteiger partial charge is 0.497 e. The second kappa shape index (κ2) is 9.24. The Morgan fingerprint density at radius 1 is 1.10 bits per heavy atom. The molecule has 166 valence electrons. The number of nitrogens with zero attached hydrogens (tertiary/aromatic N) is 3. The standard InChI is InChI=1S/C23H30N4O4/c1-23(2,3)16-24-20-15-18(7-10-21(20)27(29)30)25-11-13-26(14-12-25)22(28)17-5-8-19(31-4)9-6-17/h5-10,15,24H,11-14,16H2,1-4H3. The third-order valence-electron chi connectivity index (χ3n) is 5.26. The van der Waals surface area contributed by atoms with Crippen LogP contribution in [0.25, 0.3) is 0 Å². The number of nitrogens with one attached hydrogen (secondary N) is 1. The summed E-state index contributed by atoms with van der Waals surface area (Å²) in [5.74, 6) is 0.717. The van der Waals surface area contributed by atoms with Crippen LogP contribution >= 0.6 is 0 Å². The Balaban J connectivity index is 1.68. The van der Waals surface area contributed by atoms with Gasteiger partial charge in [-0.2, -0.15) is 0 Å². The third kappa shape index (κ3) is 5.65. The molecule has 0 aliphatic carbocycles. The number of hydrogen-bond acceptors (Lipinski definition) is 6. The molecule has 3 rings (SSSR count). The second-order valence-electron chi connectivity index (χ2n) is 8.88. The van der Waals surface area contributed by atoms with Crippen LogP contribution in [-0.2, 0) is 0 Å². The molecule has 0 aromatic heterocycles. The predicted molar refractivity (Wildman–Crippen MR) is 122 cm³/mol. The summed E-state index contributed by atoms with van der Waals surface area (Å²) in [4.78, 5) is 27.8. The normalized spacial score (nSPS) is 14.3. The van der Waals surface area contributed by atoms with Crippen molar-refractivity contribution >= 4 is 23.0 Å². The maximum Gasteiger partial charge on any atom is 0.292 e. The number of benzene rings is 2. The molecule has 0 unspecified atom stereocenters. The molecule has 1 aliphatic heterocycles. The fraction of sp³-hybridized carbons (Fsp3) is 0.435. The minimum Gasteiger partial charge on any atom is -0.497 e. The number of nitro groups is 1. The van der Waals surface area contributed by atoms with Crippen LogP contribution in [0.5, 0.6) is 5.75 Å². The number of nitro benzene ring substituents is 1. The van der Waals surface area contributed by atoms with Gasteiger partial charge in [0.1, 0.15) is 11.4 Å². The molecule has 8 heteroatoms. The van der Waals surface area contributed by atoms with Crippen LogP contribution in [0.4, 0.5) is 17.1 Å². The first-order valence-electron chi connectivity index (χ1n) is 10.4. The van der Waals surface area contributed by atoms with Crippen LogP contribution in [0.3, 0.4) is 0 Å². The van der Waals surface area contributed by atoms with E-state index in [2.05, 4.69) is 31.0 Å². The van der Waals surface area contributed by atoms with Gasteiger partial charge in [0.2, 0.25) is 0 Å². The molecule has 31 heavy (non-hydrogen) atoms. The number of hydrogen-bond donors (Lipinski definition) is 1. The zero-order valence-corrected chi connectivity index (χ0v) is 18.6. The summed E-state index contributed by atoms with van der Waals surface area (Å²) >= 11 is 0. The van der Waals surface area contributed by atoms with Crippen LogP contribution in [0, 0.1) is 15.5 Å². The topological polar surface area (TPSA) is 88.0 Å². The summed E-state index contributed by atoms with van der Waals surface area (Å²) in [6.45, 7) is 9.37. The van der Waals surface area contributed by atoms with Gasteiger partial charge >= 0.3 is 0 Å². The van der Waals surface area contributed by atoms with Crippen molar-refractivity contribution in [2.45, 2.75) is 20.8 Å². The highest BCUT2D eigenvalue weighted by molar-refractivity contribution is 5.94. The first-order valence-corrected chi connectivity index (χ1v) is 10.4. The molecule has 8 nitrogen and oxygen atoms in total. The minimum atomic E-state index is -0.361. The van der Waals surface area contributed by atoms with Gasteiger partial charge in [-0.1, -0.05) is 20.8 Å². The highest BCUT2D eigenvalue weighted by atomic mass is 16.6. The number of rotatable bonds is 6. The molecule has 2 aromatic rings. The van der Waals surface area contributed by atoms with Gasteiger partial charge in [-0.15, -0.1) is 0 Å². The zero-order chi connectivity index (χ0) is 22.6. The Morgan fingerprint density at radius 3 is 2.29 bits per heavy atom. The lowest BCUT2D eigenvalue weighted by molar-refractivity contribution is -0.384. The van der Waals surface area contributed by atoms with Gasteiger partial charge in [0.15, 0.2) is 0 Å². The molecule has 0 radical (unpaired) electrons. The van der Waals surface area contributed by atoms with Crippen molar-refractivity contribution < 1.29 is 14.5 Å². The van der Waals surface area contributed by atoms with Gasteiger partial charge in [0, 0.05) is 50.0 Å². The van der Waals surface area contributed by atoms with Crippen molar-refractivity contribution in [1.82, 2.24) is 4.90 Å². The fourth-order valence-electron chi connectivity index (χ4n) is 3.47. The third-order valence-corrected chi connectivity index (χ3v) is 5.26. The fourth-order valence-corrected chi connectivity index (χ4v) is 3.47. The molecule has 1 saturated heterocycles. The Kier molecular flexibility index (Phi) is 6.68. The summed E-state index contributed by atoms with van der Waals surface area (Å²) in [7, 11) is 1.60. The average Bonchev–Trinajstić information content (AvgIpc) is 2.76. The summed E-state index contributed by atoms with van der Waals surface area (Å²) in [6, 6.07) is 12.3. The number of carbonyl (C=O) groups excluding carboxylic acids is 1. The molecular formula is C23H30N4O4. The maximum absolute atomic E-state index is 12.8. The predicted octanol–water partition coefficient (Wildman–Crippen LogP) is 4.02. The molecular weight excluding hydrogens is 396 g/mol.